The van der Waals surface area contributed by atoms with Crippen LogP contribution in [0.1, 0.15) is 60.5 Å². The van der Waals surface area contributed by atoms with Gasteiger partial charge in [-0.05, 0) is 47.9 Å². The molecule has 230 valence electrons. The van der Waals surface area contributed by atoms with Crippen LogP contribution < -0.4 is 0 Å². The van der Waals surface area contributed by atoms with Gasteiger partial charge in [-0.2, -0.15) is 0 Å². The van der Waals surface area contributed by atoms with E-state index in [2.05, 4.69) is 0 Å². The molecule has 0 aliphatic carbocycles. The van der Waals surface area contributed by atoms with E-state index in [1.54, 1.807) is 25.1 Å². The molecule has 3 atom stereocenters. The van der Waals surface area contributed by atoms with E-state index in [0.717, 1.165) is 0 Å². The number of hydrogen-bond acceptors (Lipinski definition) is 9. The molecule has 45 heavy (non-hydrogen) atoms. The number of carbonyl (C=O) groups is 4. The molecule has 0 saturated carbocycles. The average Bonchev–Trinajstić information content (AvgIpc) is 3.70. The number of methoxy groups -OCH3 is 1. The fourth-order valence-electron chi connectivity index (χ4n) is 8.02. The molecule has 0 unspecified atom stereocenters. The molecule has 3 aliphatic heterocycles. The van der Waals surface area contributed by atoms with Gasteiger partial charge in [0.05, 0.1) is 54.5 Å². The minimum absolute atomic E-state index is 0.0118. The fourth-order valence-corrected chi connectivity index (χ4v) is 8.02. The maximum atomic E-state index is 14.1. The van der Waals surface area contributed by atoms with Crippen molar-refractivity contribution in [3.05, 3.63) is 58.7 Å². The molecule has 0 radical (unpaired) electrons. The smallest absolute Gasteiger partial charge is 0.355 e. The Bertz CT molecular complexity index is 2230. The van der Waals surface area contributed by atoms with Crippen molar-refractivity contribution in [3.63, 3.8) is 0 Å². The molecule has 12 nitrogen and oxygen atoms in total. The zero-order chi connectivity index (χ0) is 31.7. The average molecular weight is 612 g/mol. The Balaban J connectivity index is 1.68. The number of fused-ring (bicyclic) bond motifs is 13. The topological polar surface area (TPSA) is 150 Å². The minimum atomic E-state index is -1.92. The Labute approximate surface area is 255 Å². The number of amides is 2. The number of benzene rings is 3. The van der Waals surface area contributed by atoms with Crippen LogP contribution in [0.4, 0.5) is 0 Å². The monoisotopic (exact) mass is 611 g/mol. The first-order valence-corrected chi connectivity index (χ1v) is 14.6. The van der Waals surface area contributed by atoms with Crippen LogP contribution in [0.2, 0.25) is 0 Å². The van der Waals surface area contributed by atoms with Crippen LogP contribution >= 0.6 is 0 Å². The van der Waals surface area contributed by atoms with Crippen LogP contribution in [0.15, 0.2) is 36.4 Å². The van der Waals surface area contributed by atoms with Gasteiger partial charge in [0.1, 0.15) is 6.23 Å². The van der Waals surface area contributed by atoms with Gasteiger partial charge in [0.25, 0.3) is 11.5 Å². The number of aliphatic hydroxyl groups is 2. The number of ether oxygens (including phenoxy) is 3. The number of nitrogens with zero attached hydrogens (tertiary/aromatic N) is 3. The van der Waals surface area contributed by atoms with Gasteiger partial charge in [-0.25, -0.2) is 4.79 Å². The van der Waals surface area contributed by atoms with Crippen molar-refractivity contribution in [2.24, 2.45) is 0 Å². The van der Waals surface area contributed by atoms with Crippen LogP contribution in [-0.4, -0.2) is 60.7 Å². The van der Waals surface area contributed by atoms with Crippen molar-refractivity contribution in [3.8, 4) is 0 Å². The van der Waals surface area contributed by atoms with Gasteiger partial charge in [-0.1, -0.05) is 12.1 Å². The standard InChI is InChI=1S/C33H29N3O9/c1-15(39)34-12-21-25-20-10-18(14-38)6-8-23(20)36-29(25)28-26(27(21)30(34)41)19-9-17(13-37)5-7-22(19)35(28)24-11-33(31(42)43-4,44-16(2)40)32(36,3)45-24/h5-10,24,37-38H,11-14H2,1-4H3/t24-,32+,33+/m1/s1. The van der Waals surface area contributed by atoms with E-state index in [9.17, 15) is 29.4 Å². The first-order valence-electron chi connectivity index (χ1n) is 14.6. The third kappa shape index (κ3) is 3.16. The highest BCUT2D eigenvalue weighted by Crippen LogP contribution is 2.59. The third-order valence-corrected chi connectivity index (χ3v) is 9.82. The molecule has 2 aromatic heterocycles. The summed E-state index contributed by atoms with van der Waals surface area (Å²) in [6, 6.07) is 10.8. The summed E-state index contributed by atoms with van der Waals surface area (Å²) in [5.41, 5.74) is 1.18. The van der Waals surface area contributed by atoms with Crippen LogP contribution in [0, 0.1) is 0 Å². The Morgan fingerprint density at radius 3 is 2.22 bits per heavy atom. The van der Waals surface area contributed by atoms with Gasteiger partial charge in [-0.3, -0.25) is 19.3 Å². The number of rotatable bonds is 4. The SMILES string of the molecule is COC(=O)[C@@]1(OC(C)=O)C[C@H]2O[C@]1(C)n1c3ccc(CO)cc3c3c4c(c5c6cc(CO)ccc6n2c5c31)C(=O)N(C(C)=O)C4. The Hall–Kier alpha value is -4.78. The van der Waals surface area contributed by atoms with Crippen molar-refractivity contribution < 1.29 is 43.6 Å². The van der Waals surface area contributed by atoms with E-state index in [1.807, 2.05) is 27.3 Å². The van der Waals surface area contributed by atoms with E-state index in [-0.39, 0.29) is 26.2 Å². The van der Waals surface area contributed by atoms with Crippen molar-refractivity contribution in [2.75, 3.05) is 7.11 Å². The Kier molecular flexibility index (Phi) is 5.49. The lowest BCUT2D eigenvalue weighted by Crippen LogP contribution is -2.58. The maximum absolute atomic E-state index is 14.1. The first-order chi connectivity index (χ1) is 21.5. The van der Waals surface area contributed by atoms with Gasteiger partial charge >= 0.3 is 11.9 Å². The molecule has 5 aromatic rings. The summed E-state index contributed by atoms with van der Waals surface area (Å²) in [6.45, 7) is 3.80. The normalized spacial score (nSPS) is 23.5. The zero-order valence-electron chi connectivity index (χ0n) is 25.0. The highest BCUT2D eigenvalue weighted by molar-refractivity contribution is 6.32. The number of hydrogen-bond donors (Lipinski definition) is 2. The molecule has 5 heterocycles. The summed E-state index contributed by atoms with van der Waals surface area (Å²) in [6.07, 6.45) is -0.960. The molecule has 3 aliphatic rings. The van der Waals surface area contributed by atoms with Gasteiger partial charge in [0.2, 0.25) is 5.91 Å². The number of esters is 2. The van der Waals surface area contributed by atoms with Crippen molar-refractivity contribution in [2.45, 2.75) is 64.5 Å². The molecule has 2 amide bonds. The Morgan fingerprint density at radius 1 is 0.978 bits per heavy atom. The largest absolute Gasteiger partial charge is 0.466 e. The quantitative estimate of drug-likeness (QED) is 0.291. The van der Waals surface area contributed by atoms with Gasteiger partial charge in [0, 0.05) is 41.8 Å². The highest BCUT2D eigenvalue weighted by Gasteiger charge is 2.69. The fraction of sp³-hybridized carbons (Fsp3) is 0.333. The second-order valence-electron chi connectivity index (χ2n) is 12.1. The molecule has 2 N–H and O–H groups in total. The second-order valence-corrected chi connectivity index (χ2v) is 12.1. The highest BCUT2D eigenvalue weighted by atomic mass is 16.6. The Morgan fingerprint density at radius 2 is 1.62 bits per heavy atom. The van der Waals surface area contributed by atoms with Crippen LogP contribution in [0.5, 0.6) is 0 Å². The second kappa shape index (κ2) is 8.90. The van der Waals surface area contributed by atoms with E-state index in [0.29, 0.717) is 65.9 Å². The lowest BCUT2D eigenvalue weighted by atomic mass is 9.88. The lowest BCUT2D eigenvalue weighted by molar-refractivity contribution is -0.217. The molecule has 1 fully saturated rings. The summed E-state index contributed by atoms with van der Waals surface area (Å²) in [7, 11) is 1.23. The van der Waals surface area contributed by atoms with Crippen LogP contribution in [0.3, 0.4) is 0 Å². The molecule has 3 aromatic carbocycles. The predicted molar refractivity (Wildman–Crippen MR) is 160 cm³/mol. The van der Waals surface area contributed by atoms with Gasteiger partial charge in [0.15, 0.2) is 5.72 Å². The predicted octanol–water partition coefficient (Wildman–Crippen LogP) is 3.47. The first kappa shape index (κ1) is 27.7. The van der Waals surface area contributed by atoms with Gasteiger partial charge < -0.3 is 33.6 Å². The summed E-state index contributed by atoms with van der Waals surface area (Å²) in [4.78, 5) is 54.6. The van der Waals surface area contributed by atoms with Crippen molar-refractivity contribution in [1.82, 2.24) is 14.0 Å². The van der Waals surface area contributed by atoms with E-state index < -0.39 is 41.3 Å². The third-order valence-electron chi connectivity index (χ3n) is 9.82. The summed E-state index contributed by atoms with van der Waals surface area (Å²) in [5, 5.41) is 22.8. The molecular formula is C33H29N3O9. The molecule has 8 rings (SSSR count). The molecule has 12 heteroatoms. The van der Waals surface area contributed by atoms with Crippen molar-refractivity contribution in [1.29, 1.82) is 0 Å². The van der Waals surface area contributed by atoms with E-state index >= 15 is 0 Å². The number of imide groups is 1. The van der Waals surface area contributed by atoms with Crippen LogP contribution in [-0.2, 0) is 54.1 Å². The number of carbonyl (C=O) groups excluding carboxylic acids is 4. The van der Waals surface area contributed by atoms with E-state index in [4.69, 9.17) is 14.2 Å². The van der Waals surface area contributed by atoms with E-state index in [1.165, 1.54) is 25.9 Å². The minimum Gasteiger partial charge on any atom is -0.466 e. The molecule has 0 spiro atoms. The molecular weight excluding hydrogens is 582 g/mol. The summed E-state index contributed by atoms with van der Waals surface area (Å²) in [5.74, 6) is -2.32. The van der Waals surface area contributed by atoms with Crippen molar-refractivity contribution >= 4 is 67.4 Å². The van der Waals surface area contributed by atoms with Gasteiger partial charge in [-0.15, -0.1) is 0 Å². The number of aliphatic hydroxyl groups excluding tert-OH is 2. The maximum Gasteiger partial charge on any atom is 0.355 e. The summed E-state index contributed by atoms with van der Waals surface area (Å²) < 4.78 is 21.9. The lowest BCUT2D eigenvalue weighted by Gasteiger charge is -2.40. The number of aromatic nitrogens is 2. The molecule has 1 saturated heterocycles. The molecule has 2 bridgehead atoms. The zero-order valence-corrected chi connectivity index (χ0v) is 25.0. The summed E-state index contributed by atoms with van der Waals surface area (Å²) >= 11 is 0. The van der Waals surface area contributed by atoms with Crippen LogP contribution in [0.25, 0.3) is 43.6 Å².